The summed E-state index contributed by atoms with van der Waals surface area (Å²) in [5, 5.41) is 1.74. The Morgan fingerprint density at radius 1 is 1.03 bits per heavy atom. The van der Waals surface area contributed by atoms with Gasteiger partial charge in [-0.2, -0.15) is 0 Å². The van der Waals surface area contributed by atoms with Crippen LogP contribution in [-0.4, -0.2) is 25.5 Å². The molecule has 0 fully saturated rings. The van der Waals surface area contributed by atoms with E-state index in [1.165, 1.54) is 31.2 Å². The molecule has 0 aromatic heterocycles. The van der Waals surface area contributed by atoms with E-state index < -0.39 is 21.0 Å². The lowest BCUT2D eigenvalue weighted by Gasteiger charge is -2.18. The Bertz CT molecular complexity index is 928. The normalized spacial score (nSPS) is 12.2. The summed E-state index contributed by atoms with van der Waals surface area (Å²) in [4.78, 5) is 28.8. The zero-order valence-electron chi connectivity index (χ0n) is 17.3. The van der Waals surface area contributed by atoms with Gasteiger partial charge in [0.25, 0.3) is 0 Å². The standard InChI is InChI=1S/C22H28N2O5S/c1-3-4-10-21(15-22(26)24-29-16-18-8-6-5-7-9-18)30(27,28)20-13-11-19(12-14-20)23-17(2)25/h5-9,11-14,21H,3-4,10,15-16H2,1-2H3,(H,23,25)(H,24,26). The highest BCUT2D eigenvalue weighted by molar-refractivity contribution is 7.92. The van der Waals surface area contributed by atoms with Crippen molar-refractivity contribution in [1.82, 2.24) is 5.48 Å². The third kappa shape index (κ3) is 7.27. The first kappa shape index (κ1) is 23.6. The summed E-state index contributed by atoms with van der Waals surface area (Å²) in [6.45, 7) is 3.54. The molecule has 2 aromatic rings. The van der Waals surface area contributed by atoms with Gasteiger partial charge in [0, 0.05) is 19.0 Å². The van der Waals surface area contributed by atoms with E-state index >= 15 is 0 Å². The maximum atomic E-state index is 13.1. The van der Waals surface area contributed by atoms with Crippen LogP contribution in [0.1, 0.15) is 45.1 Å². The largest absolute Gasteiger partial charge is 0.326 e. The molecule has 2 rings (SSSR count). The maximum Gasteiger partial charge on any atom is 0.244 e. The molecule has 0 radical (unpaired) electrons. The Hall–Kier alpha value is -2.71. The van der Waals surface area contributed by atoms with Crippen LogP contribution >= 0.6 is 0 Å². The quantitative estimate of drug-likeness (QED) is 0.528. The van der Waals surface area contributed by atoms with Crippen LogP contribution in [0.5, 0.6) is 0 Å². The number of benzene rings is 2. The molecule has 0 spiro atoms. The van der Waals surface area contributed by atoms with Gasteiger partial charge < -0.3 is 5.32 Å². The van der Waals surface area contributed by atoms with Crippen molar-refractivity contribution in [2.45, 2.75) is 56.3 Å². The lowest BCUT2D eigenvalue weighted by Crippen LogP contribution is -2.31. The topological polar surface area (TPSA) is 102 Å². The van der Waals surface area contributed by atoms with Crippen LogP contribution in [0.2, 0.25) is 0 Å². The summed E-state index contributed by atoms with van der Waals surface area (Å²) in [6.07, 6.45) is 1.69. The fraction of sp³-hybridized carbons (Fsp3) is 0.364. The molecule has 0 bridgehead atoms. The number of carbonyl (C=O) groups is 2. The van der Waals surface area contributed by atoms with Crippen molar-refractivity contribution < 1.29 is 22.8 Å². The second-order valence-electron chi connectivity index (χ2n) is 7.02. The monoisotopic (exact) mass is 432 g/mol. The van der Waals surface area contributed by atoms with E-state index in [2.05, 4.69) is 10.8 Å². The molecule has 30 heavy (non-hydrogen) atoms. The number of anilines is 1. The van der Waals surface area contributed by atoms with Gasteiger partial charge in [0.2, 0.25) is 11.8 Å². The molecule has 162 valence electrons. The first-order valence-electron chi connectivity index (χ1n) is 9.89. The average molecular weight is 433 g/mol. The van der Waals surface area contributed by atoms with E-state index in [1.807, 2.05) is 37.3 Å². The molecule has 0 aliphatic rings. The van der Waals surface area contributed by atoms with Crippen LogP contribution in [0.25, 0.3) is 0 Å². The molecular weight excluding hydrogens is 404 g/mol. The number of hydroxylamine groups is 1. The van der Waals surface area contributed by atoms with Gasteiger partial charge in [0.15, 0.2) is 9.84 Å². The molecule has 0 aliphatic carbocycles. The summed E-state index contributed by atoms with van der Waals surface area (Å²) < 4.78 is 26.2. The Labute approximate surface area is 177 Å². The first-order chi connectivity index (χ1) is 14.3. The van der Waals surface area contributed by atoms with Gasteiger partial charge in [-0.3, -0.25) is 14.4 Å². The number of unbranched alkanes of at least 4 members (excludes halogenated alkanes) is 1. The van der Waals surface area contributed by atoms with Crippen LogP contribution in [0, 0.1) is 0 Å². The molecular formula is C22H28N2O5S. The molecule has 0 saturated carbocycles. The molecule has 7 nitrogen and oxygen atoms in total. The lowest BCUT2D eigenvalue weighted by atomic mass is 10.1. The van der Waals surface area contributed by atoms with E-state index in [0.717, 1.165) is 12.0 Å². The minimum Gasteiger partial charge on any atom is -0.326 e. The Morgan fingerprint density at radius 3 is 2.30 bits per heavy atom. The molecule has 2 aromatic carbocycles. The van der Waals surface area contributed by atoms with Crippen LogP contribution in [0.3, 0.4) is 0 Å². The second-order valence-corrected chi connectivity index (χ2v) is 9.25. The maximum absolute atomic E-state index is 13.1. The van der Waals surface area contributed by atoms with Gasteiger partial charge in [0.05, 0.1) is 16.8 Å². The smallest absolute Gasteiger partial charge is 0.244 e. The number of rotatable bonds is 11. The highest BCUT2D eigenvalue weighted by Gasteiger charge is 2.29. The summed E-state index contributed by atoms with van der Waals surface area (Å²) in [7, 11) is -3.72. The zero-order valence-corrected chi connectivity index (χ0v) is 18.1. The third-order valence-electron chi connectivity index (χ3n) is 4.50. The molecule has 1 atom stereocenters. The number of hydrogen-bond donors (Lipinski definition) is 2. The number of sulfone groups is 1. The van der Waals surface area contributed by atoms with Gasteiger partial charge in [-0.25, -0.2) is 13.9 Å². The van der Waals surface area contributed by atoms with Crippen molar-refractivity contribution in [3.05, 3.63) is 60.2 Å². The van der Waals surface area contributed by atoms with Gasteiger partial charge in [-0.15, -0.1) is 0 Å². The SMILES string of the molecule is CCCCC(CC(=O)NOCc1ccccc1)S(=O)(=O)c1ccc(NC(C)=O)cc1. The Kier molecular flexibility index (Phi) is 9.01. The van der Waals surface area contributed by atoms with Gasteiger partial charge in [0.1, 0.15) is 0 Å². The Morgan fingerprint density at radius 2 is 1.70 bits per heavy atom. The van der Waals surface area contributed by atoms with Crippen LogP contribution < -0.4 is 10.8 Å². The third-order valence-corrected chi connectivity index (χ3v) is 6.71. The van der Waals surface area contributed by atoms with Crippen molar-refractivity contribution in [2.75, 3.05) is 5.32 Å². The Balaban J connectivity index is 2.03. The van der Waals surface area contributed by atoms with E-state index in [0.29, 0.717) is 18.5 Å². The van der Waals surface area contributed by atoms with Crippen molar-refractivity contribution in [2.24, 2.45) is 0 Å². The molecule has 8 heteroatoms. The van der Waals surface area contributed by atoms with Crippen LogP contribution in [0.4, 0.5) is 5.69 Å². The zero-order chi connectivity index (χ0) is 22.0. The van der Waals surface area contributed by atoms with Gasteiger partial charge >= 0.3 is 0 Å². The van der Waals surface area contributed by atoms with Crippen molar-refractivity contribution in [3.63, 3.8) is 0 Å². The van der Waals surface area contributed by atoms with E-state index in [-0.39, 0.29) is 23.8 Å². The number of carbonyl (C=O) groups excluding carboxylic acids is 2. The van der Waals surface area contributed by atoms with Gasteiger partial charge in [-0.1, -0.05) is 50.1 Å². The molecule has 0 aliphatic heterocycles. The highest BCUT2D eigenvalue weighted by Crippen LogP contribution is 2.24. The molecule has 2 N–H and O–H groups in total. The summed E-state index contributed by atoms with van der Waals surface area (Å²) in [5.41, 5.74) is 3.75. The summed E-state index contributed by atoms with van der Waals surface area (Å²) in [6, 6.07) is 15.3. The van der Waals surface area contributed by atoms with E-state index in [9.17, 15) is 18.0 Å². The minimum atomic E-state index is -3.72. The minimum absolute atomic E-state index is 0.121. The van der Waals surface area contributed by atoms with E-state index in [1.54, 1.807) is 0 Å². The number of nitrogens with one attached hydrogen (secondary N) is 2. The number of hydrogen-bond acceptors (Lipinski definition) is 5. The molecule has 2 amide bonds. The molecule has 1 unspecified atom stereocenters. The van der Waals surface area contributed by atoms with Gasteiger partial charge in [-0.05, 0) is 36.2 Å². The highest BCUT2D eigenvalue weighted by atomic mass is 32.2. The van der Waals surface area contributed by atoms with Crippen molar-refractivity contribution >= 4 is 27.3 Å². The number of amides is 2. The first-order valence-corrected chi connectivity index (χ1v) is 11.4. The summed E-state index contributed by atoms with van der Waals surface area (Å²) in [5.74, 6) is -0.718. The average Bonchev–Trinajstić information content (AvgIpc) is 2.71. The van der Waals surface area contributed by atoms with Crippen LogP contribution in [0.15, 0.2) is 59.5 Å². The molecule has 0 saturated heterocycles. The predicted molar refractivity (Wildman–Crippen MR) is 115 cm³/mol. The fourth-order valence-electron chi connectivity index (χ4n) is 2.94. The van der Waals surface area contributed by atoms with E-state index in [4.69, 9.17) is 4.84 Å². The van der Waals surface area contributed by atoms with Crippen molar-refractivity contribution in [1.29, 1.82) is 0 Å². The van der Waals surface area contributed by atoms with Crippen molar-refractivity contribution in [3.8, 4) is 0 Å². The fourth-order valence-corrected chi connectivity index (χ4v) is 4.69. The second kappa shape index (κ2) is 11.5. The summed E-state index contributed by atoms with van der Waals surface area (Å²) >= 11 is 0. The van der Waals surface area contributed by atoms with Crippen LogP contribution in [-0.2, 0) is 30.9 Å². The molecule has 0 heterocycles. The lowest BCUT2D eigenvalue weighted by molar-refractivity contribution is -0.134. The predicted octanol–water partition coefficient (Wildman–Crippen LogP) is 3.62.